The van der Waals surface area contributed by atoms with E-state index in [-0.39, 0.29) is 11.4 Å². The lowest BCUT2D eigenvalue weighted by molar-refractivity contribution is 0.204. The number of nitrogens with zero attached hydrogens (tertiary/aromatic N) is 1. The Kier molecular flexibility index (Phi) is 8.31. The van der Waals surface area contributed by atoms with Gasteiger partial charge in [-0.1, -0.05) is 12.1 Å². The monoisotopic (exact) mass is 394 g/mol. The van der Waals surface area contributed by atoms with Crippen molar-refractivity contribution >= 4 is 16.0 Å². The van der Waals surface area contributed by atoms with Crippen molar-refractivity contribution in [3.63, 3.8) is 0 Å². The summed E-state index contributed by atoms with van der Waals surface area (Å²) >= 11 is 0. The van der Waals surface area contributed by atoms with Crippen LogP contribution in [0, 0.1) is 0 Å². The second-order valence-electron chi connectivity index (χ2n) is 5.72. The summed E-state index contributed by atoms with van der Waals surface area (Å²) < 4.78 is 37.2. The first-order valence-corrected chi connectivity index (χ1v) is 10.1. The second-order valence-corrected chi connectivity index (χ2v) is 7.49. The Bertz CT molecular complexity index is 820. The highest BCUT2D eigenvalue weighted by molar-refractivity contribution is 7.89. The van der Waals surface area contributed by atoms with Crippen LogP contribution >= 0.6 is 0 Å². The van der Waals surface area contributed by atoms with E-state index in [0.29, 0.717) is 25.7 Å². The lowest BCUT2D eigenvalue weighted by Gasteiger charge is -2.12. The van der Waals surface area contributed by atoms with Crippen LogP contribution in [0.1, 0.15) is 11.3 Å². The van der Waals surface area contributed by atoms with E-state index in [1.807, 2.05) is 18.2 Å². The fourth-order valence-electron chi connectivity index (χ4n) is 2.35. The molecule has 0 atom stereocenters. The first kappa shape index (κ1) is 20.9. The Morgan fingerprint density at radius 1 is 1.19 bits per heavy atom. The van der Waals surface area contributed by atoms with Crippen molar-refractivity contribution in [1.29, 1.82) is 0 Å². The Morgan fingerprint density at radius 3 is 2.74 bits per heavy atom. The van der Waals surface area contributed by atoms with Crippen molar-refractivity contribution < 1.29 is 17.6 Å². The van der Waals surface area contributed by atoms with Crippen LogP contribution in [0.3, 0.4) is 0 Å². The van der Waals surface area contributed by atoms with E-state index in [4.69, 9.17) is 9.15 Å². The topological polar surface area (TPSA) is 105 Å². The quantitative estimate of drug-likeness (QED) is 0.317. The summed E-state index contributed by atoms with van der Waals surface area (Å²) in [4.78, 5) is 4.38. The van der Waals surface area contributed by atoms with Gasteiger partial charge >= 0.3 is 0 Å². The summed E-state index contributed by atoms with van der Waals surface area (Å²) in [6, 6.07) is 10.6. The highest BCUT2D eigenvalue weighted by Crippen LogP contribution is 2.11. The molecule has 0 aliphatic carbocycles. The molecule has 9 heteroatoms. The second kappa shape index (κ2) is 10.7. The smallest absolute Gasteiger partial charge is 0.240 e. The average molecular weight is 394 g/mol. The zero-order valence-electron chi connectivity index (χ0n) is 15.6. The zero-order valence-corrected chi connectivity index (χ0v) is 16.4. The predicted octanol–water partition coefficient (Wildman–Crippen LogP) is 1.11. The zero-order chi connectivity index (χ0) is 19.5. The van der Waals surface area contributed by atoms with E-state index in [1.54, 1.807) is 31.5 Å². The molecule has 0 spiro atoms. The van der Waals surface area contributed by atoms with Gasteiger partial charge in [-0.15, -0.1) is 0 Å². The van der Waals surface area contributed by atoms with Gasteiger partial charge in [0.05, 0.1) is 17.8 Å². The van der Waals surface area contributed by atoms with Crippen molar-refractivity contribution in [2.24, 2.45) is 4.99 Å². The number of rotatable bonds is 10. The molecule has 1 aromatic carbocycles. The van der Waals surface area contributed by atoms with E-state index >= 15 is 0 Å². The van der Waals surface area contributed by atoms with Gasteiger partial charge < -0.3 is 19.8 Å². The summed E-state index contributed by atoms with van der Waals surface area (Å²) in [7, 11) is -0.345. The number of benzene rings is 1. The van der Waals surface area contributed by atoms with E-state index < -0.39 is 10.0 Å². The maximum atomic E-state index is 12.3. The average Bonchev–Trinajstić information content (AvgIpc) is 3.18. The number of hydrogen-bond acceptors (Lipinski definition) is 5. The molecule has 2 rings (SSSR count). The molecule has 1 heterocycles. The van der Waals surface area contributed by atoms with Crippen LogP contribution in [-0.2, 0) is 27.7 Å². The molecule has 0 bridgehead atoms. The molecule has 27 heavy (non-hydrogen) atoms. The molecule has 2 aromatic rings. The predicted molar refractivity (Wildman–Crippen MR) is 104 cm³/mol. The van der Waals surface area contributed by atoms with Crippen LogP contribution in [0.15, 0.2) is 57.0 Å². The normalized spacial score (nSPS) is 12.1. The Morgan fingerprint density at radius 2 is 2.04 bits per heavy atom. The number of hydrogen-bond donors (Lipinski definition) is 3. The minimum Gasteiger partial charge on any atom is -0.469 e. The minimum atomic E-state index is -3.55. The van der Waals surface area contributed by atoms with Crippen molar-refractivity contribution in [1.82, 2.24) is 15.4 Å². The lowest BCUT2D eigenvalue weighted by Crippen LogP contribution is -2.37. The minimum absolute atomic E-state index is 0.221. The summed E-state index contributed by atoms with van der Waals surface area (Å²) in [5.74, 6) is 1.53. The fourth-order valence-corrected chi connectivity index (χ4v) is 3.43. The maximum absolute atomic E-state index is 12.3. The van der Waals surface area contributed by atoms with E-state index in [1.165, 1.54) is 7.11 Å². The summed E-state index contributed by atoms with van der Waals surface area (Å²) in [5.41, 5.74) is 0.832. The number of furan rings is 1. The third kappa shape index (κ3) is 7.05. The van der Waals surface area contributed by atoms with Gasteiger partial charge in [0.1, 0.15) is 5.76 Å². The molecular formula is C18H26N4O4S. The van der Waals surface area contributed by atoms with Crippen LogP contribution in [0.4, 0.5) is 0 Å². The standard InChI is InChI=1S/C18H26N4O4S/c1-19-18(20-9-8-16-6-4-11-26-16)21-14-15-5-3-7-17(13-15)27(23,24)22-10-12-25-2/h3-7,11,13,22H,8-10,12,14H2,1-2H3,(H2,19,20,21). The molecule has 0 aliphatic heterocycles. The first-order valence-electron chi connectivity index (χ1n) is 8.59. The van der Waals surface area contributed by atoms with E-state index in [9.17, 15) is 8.42 Å². The summed E-state index contributed by atoms with van der Waals surface area (Å²) in [6.07, 6.45) is 2.39. The molecule has 0 amide bonds. The summed E-state index contributed by atoms with van der Waals surface area (Å²) in [6.45, 7) is 1.67. The number of guanidine groups is 1. The molecule has 0 fully saturated rings. The molecule has 0 saturated carbocycles. The Labute approximate surface area is 160 Å². The van der Waals surface area contributed by atoms with Gasteiger partial charge in [0.15, 0.2) is 5.96 Å². The fraction of sp³-hybridized carbons (Fsp3) is 0.389. The first-order chi connectivity index (χ1) is 13.0. The molecule has 1 aromatic heterocycles. The molecule has 0 aliphatic rings. The highest BCUT2D eigenvalue weighted by Gasteiger charge is 2.13. The van der Waals surface area contributed by atoms with Gasteiger partial charge in [0.25, 0.3) is 0 Å². The van der Waals surface area contributed by atoms with Gasteiger partial charge in [-0.3, -0.25) is 4.99 Å². The third-order valence-electron chi connectivity index (χ3n) is 3.73. The van der Waals surface area contributed by atoms with Crippen LogP contribution in [0.2, 0.25) is 0 Å². The Balaban J connectivity index is 1.87. The van der Waals surface area contributed by atoms with E-state index in [0.717, 1.165) is 17.7 Å². The molecule has 8 nitrogen and oxygen atoms in total. The van der Waals surface area contributed by atoms with E-state index in [2.05, 4.69) is 20.3 Å². The van der Waals surface area contributed by atoms with Gasteiger partial charge in [0.2, 0.25) is 10.0 Å². The highest BCUT2D eigenvalue weighted by atomic mass is 32.2. The Hall–Kier alpha value is -2.36. The van der Waals surface area contributed by atoms with Gasteiger partial charge in [-0.05, 0) is 29.8 Å². The van der Waals surface area contributed by atoms with Crippen LogP contribution in [0.25, 0.3) is 0 Å². The molecule has 3 N–H and O–H groups in total. The summed E-state index contributed by atoms with van der Waals surface area (Å²) in [5, 5.41) is 6.36. The third-order valence-corrected chi connectivity index (χ3v) is 5.19. The number of ether oxygens (including phenoxy) is 1. The largest absolute Gasteiger partial charge is 0.469 e. The number of sulfonamides is 1. The van der Waals surface area contributed by atoms with Crippen molar-refractivity contribution in [3.05, 3.63) is 54.0 Å². The molecule has 0 saturated heterocycles. The van der Waals surface area contributed by atoms with Crippen molar-refractivity contribution in [2.75, 3.05) is 33.9 Å². The number of aliphatic imine (C=N–C) groups is 1. The van der Waals surface area contributed by atoms with Gasteiger partial charge in [-0.25, -0.2) is 13.1 Å². The maximum Gasteiger partial charge on any atom is 0.240 e. The van der Waals surface area contributed by atoms with Gasteiger partial charge in [-0.2, -0.15) is 0 Å². The van der Waals surface area contributed by atoms with Crippen molar-refractivity contribution in [3.8, 4) is 0 Å². The number of nitrogens with one attached hydrogen (secondary N) is 3. The molecule has 148 valence electrons. The van der Waals surface area contributed by atoms with Crippen LogP contribution < -0.4 is 15.4 Å². The van der Waals surface area contributed by atoms with Crippen molar-refractivity contribution in [2.45, 2.75) is 17.9 Å². The lowest BCUT2D eigenvalue weighted by atomic mass is 10.2. The SMILES string of the molecule is CN=C(NCCc1ccco1)NCc1cccc(S(=O)(=O)NCCOC)c1. The number of methoxy groups -OCH3 is 1. The van der Waals surface area contributed by atoms with Gasteiger partial charge in [0, 0.05) is 40.2 Å². The molecule has 0 unspecified atom stereocenters. The van der Waals surface area contributed by atoms with Crippen LogP contribution in [-0.4, -0.2) is 48.2 Å². The molecular weight excluding hydrogens is 368 g/mol. The molecule has 0 radical (unpaired) electrons. The van der Waals surface area contributed by atoms with Crippen LogP contribution in [0.5, 0.6) is 0 Å².